The number of nitrogens with two attached hydrogens (primary N) is 1. The fraction of sp³-hybridized carbons (Fsp3) is 0.400. The van der Waals surface area contributed by atoms with Gasteiger partial charge >= 0.3 is 0 Å². The third kappa shape index (κ3) is 4.10. The van der Waals surface area contributed by atoms with Gasteiger partial charge in [-0.1, -0.05) is 0 Å². The van der Waals surface area contributed by atoms with E-state index in [1.54, 1.807) is 13.2 Å². The molecule has 0 saturated carbocycles. The molecule has 0 heterocycles. The van der Waals surface area contributed by atoms with Crippen LogP contribution in [0.25, 0.3) is 0 Å². The maximum Gasteiger partial charge on any atom is 0.240 e. The fourth-order valence-electron chi connectivity index (χ4n) is 1.07. The van der Waals surface area contributed by atoms with Crippen molar-refractivity contribution in [2.75, 3.05) is 18.5 Å². The second-order valence-electron chi connectivity index (χ2n) is 3.73. The third-order valence-electron chi connectivity index (χ3n) is 2.32. The van der Waals surface area contributed by atoms with Crippen LogP contribution in [0, 0.1) is 0 Å². The summed E-state index contributed by atoms with van der Waals surface area (Å²) in [5, 5.41) is -0.224. The highest BCUT2D eigenvalue weighted by Crippen LogP contribution is 2.11. The van der Waals surface area contributed by atoms with Crippen molar-refractivity contribution in [1.29, 1.82) is 0 Å². The van der Waals surface area contributed by atoms with Gasteiger partial charge in [0.2, 0.25) is 10.0 Å². The fourth-order valence-corrected chi connectivity index (χ4v) is 2.63. The first-order valence-corrected chi connectivity index (χ1v) is 8.11. The minimum atomic E-state index is -3.55. The van der Waals surface area contributed by atoms with E-state index < -0.39 is 20.8 Å². The zero-order valence-corrected chi connectivity index (χ0v) is 11.3. The van der Waals surface area contributed by atoms with E-state index >= 15 is 0 Å². The molecule has 1 aromatic rings. The number of anilines is 1. The highest BCUT2D eigenvalue weighted by molar-refractivity contribution is 7.89. The van der Waals surface area contributed by atoms with Gasteiger partial charge in [-0.05, 0) is 31.2 Å². The van der Waals surface area contributed by atoms with Gasteiger partial charge in [0, 0.05) is 34.5 Å². The molecule has 0 saturated heterocycles. The van der Waals surface area contributed by atoms with E-state index in [0.29, 0.717) is 5.69 Å². The molecular weight excluding hydrogens is 260 g/mol. The van der Waals surface area contributed by atoms with E-state index in [1.807, 2.05) is 0 Å². The number of hydrogen-bond donors (Lipinski definition) is 2. The number of rotatable bonds is 5. The SMILES string of the molecule is CC(CNS(=O)(=O)c1ccc(N)cc1)S(C)=O. The van der Waals surface area contributed by atoms with Crippen LogP contribution in [-0.4, -0.2) is 30.7 Å². The average Bonchev–Trinajstić information content (AvgIpc) is 2.26. The third-order valence-corrected chi connectivity index (χ3v) is 5.06. The molecule has 0 radical (unpaired) electrons. The van der Waals surface area contributed by atoms with Gasteiger partial charge in [-0.15, -0.1) is 0 Å². The lowest BCUT2D eigenvalue weighted by atomic mass is 10.3. The molecule has 0 fully saturated rings. The lowest BCUT2D eigenvalue weighted by Crippen LogP contribution is -2.32. The maximum absolute atomic E-state index is 11.8. The summed E-state index contributed by atoms with van der Waals surface area (Å²) in [6.45, 7) is 1.87. The lowest BCUT2D eigenvalue weighted by molar-refractivity contribution is 0.580. The zero-order valence-electron chi connectivity index (χ0n) is 9.71. The molecule has 5 nitrogen and oxygen atoms in total. The van der Waals surface area contributed by atoms with Crippen LogP contribution in [0.1, 0.15) is 6.92 Å². The Kier molecular flexibility index (Phi) is 4.67. The molecule has 17 heavy (non-hydrogen) atoms. The monoisotopic (exact) mass is 276 g/mol. The summed E-state index contributed by atoms with van der Waals surface area (Å²) in [6, 6.07) is 5.92. The summed E-state index contributed by atoms with van der Waals surface area (Å²) in [5.41, 5.74) is 5.98. The summed E-state index contributed by atoms with van der Waals surface area (Å²) in [7, 11) is -4.60. The van der Waals surface area contributed by atoms with Crippen LogP contribution in [0.15, 0.2) is 29.2 Å². The van der Waals surface area contributed by atoms with Gasteiger partial charge in [0.15, 0.2) is 0 Å². The number of sulfonamides is 1. The average molecular weight is 276 g/mol. The number of hydrogen-bond acceptors (Lipinski definition) is 4. The van der Waals surface area contributed by atoms with Crippen molar-refractivity contribution in [2.24, 2.45) is 0 Å². The van der Waals surface area contributed by atoms with E-state index in [1.165, 1.54) is 24.3 Å². The molecule has 0 aliphatic carbocycles. The Morgan fingerprint density at radius 3 is 2.35 bits per heavy atom. The van der Waals surface area contributed by atoms with Gasteiger partial charge in [-0.2, -0.15) is 0 Å². The zero-order chi connectivity index (χ0) is 13.1. The summed E-state index contributed by atoms with van der Waals surface area (Å²) in [6.07, 6.45) is 1.54. The summed E-state index contributed by atoms with van der Waals surface area (Å²) < 4.78 is 37.2. The molecule has 0 aliphatic heterocycles. The second-order valence-corrected chi connectivity index (χ2v) is 7.30. The van der Waals surface area contributed by atoms with Gasteiger partial charge in [0.1, 0.15) is 0 Å². The summed E-state index contributed by atoms with van der Waals surface area (Å²) in [4.78, 5) is 0.154. The summed E-state index contributed by atoms with van der Waals surface area (Å²) >= 11 is 0. The van der Waals surface area contributed by atoms with E-state index in [0.717, 1.165) is 0 Å². The number of benzene rings is 1. The van der Waals surface area contributed by atoms with Crippen LogP contribution in [0.2, 0.25) is 0 Å². The Hall–Kier alpha value is -0.920. The Morgan fingerprint density at radius 1 is 1.35 bits per heavy atom. The molecule has 1 rings (SSSR count). The van der Waals surface area contributed by atoms with Crippen molar-refractivity contribution in [3.05, 3.63) is 24.3 Å². The van der Waals surface area contributed by atoms with Crippen LogP contribution in [0.4, 0.5) is 5.69 Å². The molecule has 0 amide bonds. The molecule has 7 heteroatoms. The van der Waals surface area contributed by atoms with Crippen molar-refractivity contribution in [2.45, 2.75) is 17.1 Å². The Bertz CT molecular complexity index is 497. The van der Waals surface area contributed by atoms with Gasteiger partial charge < -0.3 is 5.73 Å². The van der Waals surface area contributed by atoms with Crippen LogP contribution < -0.4 is 10.5 Å². The topological polar surface area (TPSA) is 89.3 Å². The van der Waals surface area contributed by atoms with Crippen molar-refractivity contribution in [3.8, 4) is 0 Å². The largest absolute Gasteiger partial charge is 0.399 e. The molecule has 1 aromatic carbocycles. The van der Waals surface area contributed by atoms with Crippen molar-refractivity contribution in [3.63, 3.8) is 0 Å². The molecule has 96 valence electrons. The first kappa shape index (κ1) is 14.1. The highest BCUT2D eigenvalue weighted by Gasteiger charge is 2.15. The molecule has 0 bridgehead atoms. The van der Waals surface area contributed by atoms with Gasteiger partial charge in [0.25, 0.3) is 0 Å². The predicted molar refractivity (Wildman–Crippen MR) is 69.6 cm³/mol. The molecule has 0 aromatic heterocycles. The lowest BCUT2D eigenvalue weighted by Gasteiger charge is -2.10. The smallest absolute Gasteiger partial charge is 0.240 e. The standard InChI is InChI=1S/C10H16N2O3S2/c1-8(16(2)13)7-12-17(14,15)10-5-3-9(11)4-6-10/h3-6,8,12H,7,11H2,1-2H3. The Balaban J connectivity index is 2.76. The maximum atomic E-state index is 11.8. The van der Waals surface area contributed by atoms with Crippen LogP contribution >= 0.6 is 0 Å². The van der Waals surface area contributed by atoms with Crippen molar-refractivity contribution < 1.29 is 12.6 Å². The van der Waals surface area contributed by atoms with Crippen LogP contribution in [-0.2, 0) is 20.8 Å². The second kappa shape index (κ2) is 5.61. The molecule has 3 N–H and O–H groups in total. The van der Waals surface area contributed by atoms with Gasteiger partial charge in [-0.25, -0.2) is 13.1 Å². The highest BCUT2D eigenvalue weighted by atomic mass is 32.2. The van der Waals surface area contributed by atoms with Crippen molar-refractivity contribution in [1.82, 2.24) is 4.72 Å². The van der Waals surface area contributed by atoms with Crippen LogP contribution in [0.3, 0.4) is 0 Å². The predicted octanol–water partition coefficient (Wildman–Crippen LogP) is 0.314. The first-order valence-electron chi connectivity index (χ1n) is 5.00. The minimum absolute atomic E-state index is 0.149. The quantitative estimate of drug-likeness (QED) is 0.758. The number of nitrogen functional groups attached to an aromatic ring is 1. The summed E-state index contributed by atoms with van der Waals surface area (Å²) in [5.74, 6) is 0. The van der Waals surface area contributed by atoms with E-state index in [-0.39, 0.29) is 16.7 Å². The minimum Gasteiger partial charge on any atom is -0.399 e. The van der Waals surface area contributed by atoms with E-state index in [2.05, 4.69) is 4.72 Å². The Labute approximate surface area is 104 Å². The van der Waals surface area contributed by atoms with Crippen LogP contribution in [0.5, 0.6) is 0 Å². The first-order chi connectivity index (χ1) is 7.83. The molecule has 0 aliphatic rings. The Morgan fingerprint density at radius 2 is 1.88 bits per heavy atom. The van der Waals surface area contributed by atoms with E-state index in [9.17, 15) is 12.6 Å². The van der Waals surface area contributed by atoms with Gasteiger partial charge in [0.05, 0.1) is 4.90 Å². The van der Waals surface area contributed by atoms with E-state index in [4.69, 9.17) is 5.73 Å². The molecule has 0 spiro atoms. The number of nitrogens with one attached hydrogen (secondary N) is 1. The van der Waals surface area contributed by atoms with Gasteiger partial charge in [-0.3, -0.25) is 4.21 Å². The molecule has 2 atom stereocenters. The normalized spacial score (nSPS) is 15.4. The molecular formula is C10H16N2O3S2. The van der Waals surface area contributed by atoms with Crippen molar-refractivity contribution >= 4 is 26.5 Å². The molecule has 2 unspecified atom stereocenters.